The summed E-state index contributed by atoms with van der Waals surface area (Å²) in [5.41, 5.74) is 0.512. The summed E-state index contributed by atoms with van der Waals surface area (Å²) in [6.07, 6.45) is 0. The number of carbonyl (C=O) groups is 1. The highest BCUT2D eigenvalue weighted by molar-refractivity contribution is 7.13. The maximum Gasteiger partial charge on any atom is 0.348 e. The number of nitro groups is 1. The van der Waals surface area contributed by atoms with Crippen LogP contribution in [0.15, 0.2) is 40.8 Å². The van der Waals surface area contributed by atoms with Gasteiger partial charge in [0.1, 0.15) is 4.88 Å². The molecule has 3 rings (SSSR count). The second-order valence-electron chi connectivity index (χ2n) is 4.79. The van der Waals surface area contributed by atoms with Crippen LogP contribution in [0.25, 0.3) is 11.5 Å². The van der Waals surface area contributed by atoms with Crippen LogP contribution in [0.4, 0.5) is 5.69 Å². The fourth-order valence-electron chi connectivity index (χ4n) is 1.90. The fourth-order valence-corrected chi connectivity index (χ4v) is 2.66. The predicted molar refractivity (Wildman–Crippen MR) is 84.6 cm³/mol. The lowest BCUT2D eigenvalue weighted by molar-refractivity contribution is -0.384. The molecule has 0 fully saturated rings. The number of hydrogen-bond acceptors (Lipinski definition) is 8. The van der Waals surface area contributed by atoms with Gasteiger partial charge in [-0.2, -0.15) is 0 Å². The summed E-state index contributed by atoms with van der Waals surface area (Å²) in [5, 5.41) is 18.3. The standard InChI is InChI=1S/C15H11N3O5S/c1-9-2-7-12(24-9)15(19)22-8-13-16-17-14(23-13)10-3-5-11(6-4-10)18(20)21/h2-7H,8H2,1H3. The summed E-state index contributed by atoms with van der Waals surface area (Å²) in [5.74, 6) is -0.115. The van der Waals surface area contributed by atoms with Crippen LogP contribution >= 0.6 is 11.3 Å². The predicted octanol–water partition coefficient (Wildman–Crippen LogP) is 3.37. The number of nitrogens with zero attached hydrogens (tertiary/aromatic N) is 3. The molecule has 2 heterocycles. The molecular formula is C15H11N3O5S. The highest BCUT2D eigenvalue weighted by atomic mass is 32.1. The van der Waals surface area contributed by atoms with E-state index in [1.807, 2.05) is 13.0 Å². The van der Waals surface area contributed by atoms with Crippen LogP contribution in [-0.2, 0) is 11.3 Å². The molecule has 0 saturated heterocycles. The molecule has 0 bridgehead atoms. The average Bonchev–Trinajstić information content (AvgIpc) is 3.22. The molecule has 0 amide bonds. The number of ether oxygens (including phenoxy) is 1. The minimum absolute atomic E-state index is 0.0290. The van der Waals surface area contributed by atoms with Crippen LogP contribution in [0, 0.1) is 17.0 Å². The zero-order valence-electron chi connectivity index (χ0n) is 12.5. The lowest BCUT2D eigenvalue weighted by atomic mass is 10.2. The molecule has 9 heteroatoms. The number of non-ortho nitro benzene ring substituents is 1. The largest absolute Gasteiger partial charge is 0.451 e. The van der Waals surface area contributed by atoms with E-state index in [1.54, 1.807) is 6.07 Å². The fraction of sp³-hybridized carbons (Fsp3) is 0.133. The third kappa shape index (κ3) is 3.46. The van der Waals surface area contributed by atoms with E-state index in [0.29, 0.717) is 10.4 Å². The van der Waals surface area contributed by atoms with Crippen molar-refractivity contribution in [1.29, 1.82) is 0 Å². The molecule has 0 aliphatic carbocycles. The highest BCUT2D eigenvalue weighted by Gasteiger charge is 2.14. The Hall–Kier alpha value is -3.07. The van der Waals surface area contributed by atoms with Crippen molar-refractivity contribution in [2.75, 3.05) is 0 Å². The van der Waals surface area contributed by atoms with Gasteiger partial charge in [-0.1, -0.05) is 0 Å². The number of hydrogen-bond donors (Lipinski definition) is 0. The molecule has 0 atom stereocenters. The van der Waals surface area contributed by atoms with Gasteiger partial charge in [-0.05, 0) is 31.2 Å². The van der Waals surface area contributed by atoms with Gasteiger partial charge in [-0.15, -0.1) is 21.5 Å². The Labute approximate surface area is 139 Å². The SMILES string of the molecule is Cc1ccc(C(=O)OCc2nnc(-c3ccc([N+](=O)[O-])cc3)o2)s1. The normalized spacial score (nSPS) is 10.5. The minimum Gasteiger partial charge on any atom is -0.451 e. The van der Waals surface area contributed by atoms with Crippen LogP contribution < -0.4 is 0 Å². The van der Waals surface area contributed by atoms with Gasteiger partial charge >= 0.3 is 5.97 Å². The van der Waals surface area contributed by atoms with E-state index in [9.17, 15) is 14.9 Å². The molecule has 122 valence electrons. The Bertz CT molecular complexity index is 885. The molecule has 0 spiro atoms. The monoisotopic (exact) mass is 345 g/mol. The van der Waals surface area contributed by atoms with E-state index in [4.69, 9.17) is 9.15 Å². The first-order valence-corrected chi connectivity index (χ1v) is 7.65. The van der Waals surface area contributed by atoms with Crippen LogP contribution in [0.1, 0.15) is 20.4 Å². The van der Waals surface area contributed by atoms with E-state index in [2.05, 4.69) is 10.2 Å². The van der Waals surface area contributed by atoms with Crippen molar-refractivity contribution < 1.29 is 18.9 Å². The minimum atomic E-state index is -0.491. The molecule has 3 aromatic rings. The summed E-state index contributed by atoms with van der Waals surface area (Å²) in [4.78, 5) is 23.5. The topological polar surface area (TPSA) is 108 Å². The zero-order valence-corrected chi connectivity index (χ0v) is 13.3. The van der Waals surface area contributed by atoms with Gasteiger partial charge in [0, 0.05) is 22.6 Å². The van der Waals surface area contributed by atoms with E-state index in [0.717, 1.165) is 4.88 Å². The van der Waals surface area contributed by atoms with Crippen molar-refractivity contribution in [1.82, 2.24) is 10.2 Å². The molecule has 8 nitrogen and oxygen atoms in total. The van der Waals surface area contributed by atoms with E-state index >= 15 is 0 Å². The number of rotatable bonds is 5. The van der Waals surface area contributed by atoms with Gasteiger partial charge in [-0.3, -0.25) is 10.1 Å². The van der Waals surface area contributed by atoms with Crippen molar-refractivity contribution in [2.45, 2.75) is 13.5 Å². The molecule has 24 heavy (non-hydrogen) atoms. The van der Waals surface area contributed by atoms with Crippen LogP contribution in [0.2, 0.25) is 0 Å². The molecule has 0 aliphatic rings. The molecule has 0 aliphatic heterocycles. The Morgan fingerprint density at radius 3 is 2.62 bits per heavy atom. The molecule has 2 aromatic heterocycles. The highest BCUT2D eigenvalue weighted by Crippen LogP contribution is 2.22. The number of thiophene rings is 1. The smallest absolute Gasteiger partial charge is 0.348 e. The van der Waals surface area contributed by atoms with Crippen LogP contribution in [-0.4, -0.2) is 21.1 Å². The number of aromatic nitrogens is 2. The zero-order chi connectivity index (χ0) is 17.1. The molecule has 0 saturated carbocycles. The second kappa shape index (κ2) is 6.59. The maximum atomic E-state index is 11.8. The van der Waals surface area contributed by atoms with Crippen molar-refractivity contribution in [3.8, 4) is 11.5 Å². The molecule has 0 radical (unpaired) electrons. The lowest BCUT2D eigenvalue weighted by Gasteiger charge is -1.99. The van der Waals surface area contributed by atoms with Crippen molar-refractivity contribution >= 4 is 23.0 Å². The van der Waals surface area contributed by atoms with Gasteiger partial charge < -0.3 is 9.15 Å². The Balaban J connectivity index is 1.65. The first-order chi connectivity index (χ1) is 11.5. The number of aryl methyl sites for hydroxylation is 1. The van der Waals surface area contributed by atoms with E-state index in [-0.39, 0.29) is 24.1 Å². The van der Waals surface area contributed by atoms with Crippen LogP contribution in [0.5, 0.6) is 0 Å². The number of nitro benzene ring substituents is 1. The Kier molecular flexibility index (Phi) is 4.34. The number of benzene rings is 1. The number of esters is 1. The van der Waals surface area contributed by atoms with Gasteiger partial charge in [0.25, 0.3) is 11.6 Å². The summed E-state index contributed by atoms with van der Waals surface area (Å²) in [6.45, 7) is 1.76. The number of carbonyl (C=O) groups excluding carboxylic acids is 1. The summed E-state index contributed by atoms with van der Waals surface area (Å²) >= 11 is 1.34. The van der Waals surface area contributed by atoms with Gasteiger partial charge in [0.05, 0.1) is 4.92 Å². The van der Waals surface area contributed by atoms with E-state index in [1.165, 1.54) is 35.6 Å². The maximum absolute atomic E-state index is 11.8. The Morgan fingerprint density at radius 2 is 2.00 bits per heavy atom. The molecular weight excluding hydrogens is 334 g/mol. The first kappa shape index (κ1) is 15.8. The molecule has 0 N–H and O–H groups in total. The first-order valence-electron chi connectivity index (χ1n) is 6.83. The third-order valence-electron chi connectivity index (χ3n) is 3.06. The van der Waals surface area contributed by atoms with Crippen molar-refractivity contribution in [2.24, 2.45) is 0 Å². The lowest BCUT2D eigenvalue weighted by Crippen LogP contribution is -2.03. The van der Waals surface area contributed by atoms with Crippen molar-refractivity contribution in [3.05, 3.63) is 62.2 Å². The quantitative estimate of drug-likeness (QED) is 0.396. The van der Waals surface area contributed by atoms with Gasteiger partial charge in [0.2, 0.25) is 5.89 Å². The molecule has 1 aromatic carbocycles. The average molecular weight is 345 g/mol. The van der Waals surface area contributed by atoms with Gasteiger partial charge in [-0.25, -0.2) is 4.79 Å². The van der Waals surface area contributed by atoms with Gasteiger partial charge in [0.15, 0.2) is 6.61 Å². The van der Waals surface area contributed by atoms with Crippen molar-refractivity contribution in [3.63, 3.8) is 0 Å². The van der Waals surface area contributed by atoms with E-state index < -0.39 is 10.9 Å². The summed E-state index contributed by atoms with van der Waals surface area (Å²) in [6, 6.07) is 9.24. The third-order valence-corrected chi connectivity index (χ3v) is 4.04. The molecule has 0 unspecified atom stereocenters. The van der Waals surface area contributed by atoms with Crippen LogP contribution in [0.3, 0.4) is 0 Å². The summed E-state index contributed by atoms with van der Waals surface area (Å²) in [7, 11) is 0. The Morgan fingerprint density at radius 1 is 1.25 bits per heavy atom. The second-order valence-corrected chi connectivity index (χ2v) is 6.08. The summed E-state index contributed by atoms with van der Waals surface area (Å²) < 4.78 is 10.5.